The minimum Gasteiger partial charge on any atom is -0.331 e. The van der Waals surface area contributed by atoms with Crippen molar-refractivity contribution < 1.29 is 0 Å². The third kappa shape index (κ3) is 1.95. The first-order chi connectivity index (χ1) is 7.74. The first-order valence-electron chi connectivity index (χ1n) is 5.85. The smallest absolute Gasteiger partial charge is 0.112 e. The van der Waals surface area contributed by atoms with E-state index in [0.29, 0.717) is 5.92 Å². The number of hydrogen-bond donors (Lipinski definition) is 1. The monoisotopic (exact) mass is 217 g/mol. The maximum absolute atomic E-state index is 5.54. The molecule has 0 fully saturated rings. The molecule has 0 aliphatic heterocycles. The van der Waals surface area contributed by atoms with Gasteiger partial charge in [-0.3, -0.25) is 0 Å². The minimum absolute atomic E-state index is 0.473. The van der Waals surface area contributed by atoms with Crippen LogP contribution >= 0.6 is 0 Å². The summed E-state index contributed by atoms with van der Waals surface area (Å²) >= 11 is 0. The molecule has 0 saturated carbocycles. The van der Waals surface area contributed by atoms with Gasteiger partial charge in [0, 0.05) is 13.0 Å². The Hall–Kier alpha value is -1.35. The van der Waals surface area contributed by atoms with Gasteiger partial charge in [0.15, 0.2) is 0 Å². The summed E-state index contributed by atoms with van der Waals surface area (Å²) in [5, 5.41) is 0. The third-order valence-corrected chi connectivity index (χ3v) is 3.10. The van der Waals surface area contributed by atoms with Gasteiger partial charge in [-0.05, 0) is 31.5 Å². The van der Waals surface area contributed by atoms with Gasteiger partial charge in [0.05, 0.1) is 11.0 Å². The van der Waals surface area contributed by atoms with Gasteiger partial charge in [-0.2, -0.15) is 0 Å². The maximum Gasteiger partial charge on any atom is 0.112 e. The fourth-order valence-electron chi connectivity index (χ4n) is 2.16. The molecule has 0 radical (unpaired) electrons. The van der Waals surface area contributed by atoms with Crippen LogP contribution in [0.1, 0.15) is 31.5 Å². The number of nitrogens with two attached hydrogens (primary N) is 1. The van der Waals surface area contributed by atoms with Gasteiger partial charge in [-0.25, -0.2) is 4.98 Å². The second kappa shape index (κ2) is 4.66. The van der Waals surface area contributed by atoms with E-state index >= 15 is 0 Å². The number of nitrogens with zero attached hydrogens (tertiary/aromatic N) is 2. The van der Waals surface area contributed by atoms with Gasteiger partial charge in [0.25, 0.3) is 0 Å². The molecule has 1 atom stereocenters. The van der Waals surface area contributed by atoms with Gasteiger partial charge in [-0.15, -0.1) is 0 Å². The highest BCUT2D eigenvalue weighted by Crippen LogP contribution is 2.23. The Balaban J connectivity index is 2.33. The zero-order chi connectivity index (χ0) is 11.5. The maximum atomic E-state index is 5.54. The van der Waals surface area contributed by atoms with Crippen LogP contribution in [0.15, 0.2) is 24.3 Å². The molecule has 1 aromatic heterocycles. The lowest BCUT2D eigenvalue weighted by atomic mass is 10.1. The first-order valence-corrected chi connectivity index (χ1v) is 5.85. The molecule has 0 bridgehead atoms. The van der Waals surface area contributed by atoms with Crippen LogP contribution < -0.4 is 5.73 Å². The number of rotatable bonds is 4. The Labute approximate surface area is 96.3 Å². The lowest BCUT2D eigenvalue weighted by molar-refractivity contribution is 0.592. The van der Waals surface area contributed by atoms with E-state index in [9.17, 15) is 0 Å². The second-order valence-corrected chi connectivity index (χ2v) is 4.35. The normalized spacial score (nSPS) is 13.2. The number of hydrogen-bond acceptors (Lipinski definition) is 2. The number of aryl methyl sites for hydroxylation is 1. The molecule has 3 nitrogen and oxygen atoms in total. The van der Waals surface area contributed by atoms with Crippen LogP contribution in [-0.2, 0) is 7.05 Å². The van der Waals surface area contributed by atoms with Crippen LogP contribution in [0.3, 0.4) is 0 Å². The Morgan fingerprint density at radius 3 is 2.81 bits per heavy atom. The van der Waals surface area contributed by atoms with Crippen LogP contribution in [0.5, 0.6) is 0 Å². The summed E-state index contributed by atoms with van der Waals surface area (Å²) < 4.78 is 2.19. The lowest BCUT2D eigenvalue weighted by Crippen LogP contribution is -2.06. The predicted molar refractivity (Wildman–Crippen MR) is 67.4 cm³/mol. The van der Waals surface area contributed by atoms with Crippen molar-refractivity contribution in [1.29, 1.82) is 0 Å². The van der Waals surface area contributed by atoms with Gasteiger partial charge >= 0.3 is 0 Å². The average molecular weight is 217 g/mol. The van der Waals surface area contributed by atoms with E-state index < -0.39 is 0 Å². The van der Waals surface area contributed by atoms with Crippen LogP contribution in [0.25, 0.3) is 11.0 Å². The Morgan fingerprint density at radius 1 is 1.38 bits per heavy atom. The highest BCUT2D eigenvalue weighted by molar-refractivity contribution is 5.75. The number of fused-ring (bicyclic) bond motifs is 1. The SMILES string of the molecule is CC(CCCN)c1nc2ccccc2n1C. The molecule has 0 aliphatic carbocycles. The summed E-state index contributed by atoms with van der Waals surface area (Å²) in [6.07, 6.45) is 2.16. The van der Waals surface area contributed by atoms with Crippen LogP contribution in [-0.4, -0.2) is 16.1 Å². The topological polar surface area (TPSA) is 43.8 Å². The van der Waals surface area contributed by atoms with Gasteiger partial charge in [-0.1, -0.05) is 19.1 Å². The second-order valence-electron chi connectivity index (χ2n) is 4.35. The summed E-state index contributed by atoms with van der Waals surface area (Å²) in [5.41, 5.74) is 7.83. The molecule has 2 N–H and O–H groups in total. The molecule has 16 heavy (non-hydrogen) atoms. The molecule has 0 aliphatic rings. The summed E-state index contributed by atoms with van der Waals surface area (Å²) in [6.45, 7) is 2.98. The third-order valence-electron chi connectivity index (χ3n) is 3.10. The summed E-state index contributed by atoms with van der Waals surface area (Å²) in [4.78, 5) is 4.69. The van der Waals surface area contributed by atoms with Crippen molar-refractivity contribution in [3.63, 3.8) is 0 Å². The molecule has 1 aromatic carbocycles. The molecule has 1 heterocycles. The molecule has 0 spiro atoms. The van der Waals surface area contributed by atoms with Crippen LogP contribution in [0, 0.1) is 0 Å². The molecule has 1 unspecified atom stereocenters. The Morgan fingerprint density at radius 2 is 2.12 bits per heavy atom. The molecule has 86 valence electrons. The molecule has 0 amide bonds. The summed E-state index contributed by atoms with van der Waals surface area (Å²) in [7, 11) is 2.09. The highest BCUT2D eigenvalue weighted by atomic mass is 15.1. The van der Waals surface area contributed by atoms with Gasteiger partial charge < -0.3 is 10.3 Å². The number of imidazole rings is 1. The van der Waals surface area contributed by atoms with E-state index in [1.807, 2.05) is 6.07 Å². The summed E-state index contributed by atoms with van der Waals surface area (Å²) in [5.74, 6) is 1.63. The Kier molecular flexibility index (Phi) is 3.25. The van der Waals surface area contributed by atoms with E-state index in [-0.39, 0.29) is 0 Å². The highest BCUT2D eigenvalue weighted by Gasteiger charge is 2.13. The molecule has 2 rings (SSSR count). The Bertz CT molecular complexity index is 473. The van der Waals surface area contributed by atoms with Gasteiger partial charge in [0.1, 0.15) is 5.82 Å². The minimum atomic E-state index is 0.473. The zero-order valence-corrected chi connectivity index (χ0v) is 9.98. The molecule has 2 aromatic rings. The number of aromatic nitrogens is 2. The number of para-hydroxylation sites is 2. The lowest BCUT2D eigenvalue weighted by Gasteiger charge is -2.10. The van der Waals surface area contributed by atoms with Crippen molar-refractivity contribution in [2.45, 2.75) is 25.7 Å². The molecule has 0 saturated heterocycles. The van der Waals surface area contributed by atoms with Gasteiger partial charge in [0.2, 0.25) is 0 Å². The number of benzene rings is 1. The predicted octanol–water partition coefficient (Wildman–Crippen LogP) is 2.42. The average Bonchev–Trinajstić information content (AvgIpc) is 2.64. The molecule has 3 heteroatoms. The van der Waals surface area contributed by atoms with Crippen molar-refractivity contribution in [2.75, 3.05) is 6.54 Å². The van der Waals surface area contributed by atoms with E-state index in [4.69, 9.17) is 5.73 Å². The fraction of sp³-hybridized carbons (Fsp3) is 0.462. The quantitative estimate of drug-likeness (QED) is 0.854. The van der Waals surface area contributed by atoms with Crippen LogP contribution in [0.2, 0.25) is 0 Å². The van der Waals surface area contributed by atoms with Crippen LogP contribution in [0.4, 0.5) is 0 Å². The van der Waals surface area contributed by atoms with Crippen molar-refractivity contribution in [3.05, 3.63) is 30.1 Å². The van der Waals surface area contributed by atoms with E-state index in [1.165, 1.54) is 5.52 Å². The first kappa shape index (κ1) is 11.1. The fourth-order valence-corrected chi connectivity index (χ4v) is 2.16. The van der Waals surface area contributed by atoms with Crippen molar-refractivity contribution >= 4 is 11.0 Å². The largest absolute Gasteiger partial charge is 0.331 e. The van der Waals surface area contributed by atoms with Crippen molar-refractivity contribution in [1.82, 2.24) is 9.55 Å². The van der Waals surface area contributed by atoms with Crippen molar-refractivity contribution in [3.8, 4) is 0 Å². The van der Waals surface area contributed by atoms with Crippen molar-refractivity contribution in [2.24, 2.45) is 12.8 Å². The zero-order valence-electron chi connectivity index (χ0n) is 9.98. The standard InChI is InChI=1S/C13H19N3/c1-10(6-5-9-14)13-15-11-7-3-4-8-12(11)16(13)2/h3-4,7-8,10H,5-6,9,14H2,1-2H3. The van der Waals surface area contributed by atoms with E-state index in [2.05, 4.69) is 41.7 Å². The van der Waals surface area contributed by atoms with E-state index in [0.717, 1.165) is 30.7 Å². The molecular formula is C13H19N3. The van der Waals surface area contributed by atoms with E-state index in [1.54, 1.807) is 0 Å². The summed E-state index contributed by atoms with van der Waals surface area (Å²) in [6, 6.07) is 8.26. The molecular weight excluding hydrogens is 198 g/mol.